The zero-order chi connectivity index (χ0) is 15.9. The lowest BCUT2D eigenvalue weighted by atomic mass is 10.0. The minimum absolute atomic E-state index is 0.383. The Balaban J connectivity index is 1.90. The van der Waals surface area contributed by atoms with Gasteiger partial charge in [-0.15, -0.1) is 0 Å². The predicted molar refractivity (Wildman–Crippen MR) is 93.6 cm³/mol. The molecular formula is C20H27NO. The predicted octanol–water partition coefficient (Wildman–Crippen LogP) is 4.71. The number of nitrogens with one attached hydrogen (secondary N) is 1. The summed E-state index contributed by atoms with van der Waals surface area (Å²) in [7, 11) is 1.97. The van der Waals surface area contributed by atoms with E-state index in [-0.39, 0.29) is 0 Å². The number of benzene rings is 2. The molecule has 0 saturated carbocycles. The van der Waals surface area contributed by atoms with Crippen LogP contribution < -0.4 is 10.1 Å². The summed E-state index contributed by atoms with van der Waals surface area (Å²) in [5.74, 6) is 1.89. The van der Waals surface area contributed by atoms with Crippen LogP contribution in [0.25, 0.3) is 0 Å². The van der Waals surface area contributed by atoms with Crippen molar-refractivity contribution in [1.82, 2.24) is 5.32 Å². The molecular weight excluding hydrogens is 270 g/mol. The molecule has 0 spiro atoms. The molecule has 0 aliphatic rings. The Bertz CT molecular complexity index is 557. The van der Waals surface area contributed by atoms with Gasteiger partial charge >= 0.3 is 0 Å². The molecule has 22 heavy (non-hydrogen) atoms. The van der Waals surface area contributed by atoms with Crippen LogP contribution in [-0.2, 0) is 6.54 Å². The van der Waals surface area contributed by atoms with Crippen LogP contribution in [0.3, 0.4) is 0 Å². The fourth-order valence-electron chi connectivity index (χ4n) is 2.43. The average molecular weight is 297 g/mol. The van der Waals surface area contributed by atoms with Gasteiger partial charge in [0.05, 0.1) is 6.61 Å². The summed E-state index contributed by atoms with van der Waals surface area (Å²) in [6.45, 7) is 8.22. The van der Waals surface area contributed by atoms with Gasteiger partial charge in [-0.2, -0.15) is 0 Å². The second kappa shape index (κ2) is 8.00. The Morgan fingerprint density at radius 2 is 1.45 bits per heavy atom. The summed E-state index contributed by atoms with van der Waals surface area (Å²) in [6.07, 6.45) is 0. The summed E-state index contributed by atoms with van der Waals surface area (Å²) < 4.78 is 5.92. The highest BCUT2D eigenvalue weighted by atomic mass is 16.5. The summed E-state index contributed by atoms with van der Waals surface area (Å²) in [5.41, 5.74) is 3.97. The molecule has 0 aromatic heterocycles. The molecule has 0 amide bonds. The van der Waals surface area contributed by atoms with Gasteiger partial charge in [0, 0.05) is 12.5 Å². The number of ether oxygens (including phenoxy) is 1. The van der Waals surface area contributed by atoms with Crippen molar-refractivity contribution in [2.45, 2.75) is 39.2 Å². The Morgan fingerprint density at radius 1 is 0.864 bits per heavy atom. The molecule has 1 atom stereocenters. The first-order valence-electron chi connectivity index (χ1n) is 8.06. The maximum atomic E-state index is 5.92. The Morgan fingerprint density at radius 3 is 2.00 bits per heavy atom. The van der Waals surface area contributed by atoms with Crippen molar-refractivity contribution in [3.63, 3.8) is 0 Å². The molecule has 0 bridgehead atoms. The third-order valence-corrected chi connectivity index (χ3v) is 3.98. The van der Waals surface area contributed by atoms with Gasteiger partial charge < -0.3 is 10.1 Å². The van der Waals surface area contributed by atoms with Gasteiger partial charge in [-0.3, -0.25) is 0 Å². The van der Waals surface area contributed by atoms with E-state index in [2.05, 4.69) is 74.6 Å². The van der Waals surface area contributed by atoms with E-state index in [1.807, 2.05) is 7.05 Å². The highest BCUT2D eigenvalue weighted by Crippen LogP contribution is 2.21. The SMILES string of the molecule is CNCc1ccc(C(C)COc2ccc(C(C)C)cc2)cc1. The second-order valence-corrected chi connectivity index (χ2v) is 6.21. The molecule has 0 heterocycles. The van der Waals surface area contributed by atoms with Gasteiger partial charge in [0.2, 0.25) is 0 Å². The minimum Gasteiger partial charge on any atom is -0.493 e. The normalized spacial score (nSPS) is 12.4. The standard InChI is InChI=1S/C20H27NO/c1-15(2)18-9-11-20(12-10-18)22-14-16(3)19-7-5-17(6-8-19)13-21-4/h5-12,15-16,21H,13-14H2,1-4H3. The fraction of sp³-hybridized carbons (Fsp3) is 0.400. The summed E-state index contributed by atoms with van der Waals surface area (Å²) in [4.78, 5) is 0. The van der Waals surface area contributed by atoms with E-state index in [0.29, 0.717) is 18.4 Å². The van der Waals surface area contributed by atoms with Crippen molar-refractivity contribution >= 4 is 0 Å². The van der Waals surface area contributed by atoms with Gasteiger partial charge in [0.15, 0.2) is 0 Å². The van der Waals surface area contributed by atoms with Crippen molar-refractivity contribution < 1.29 is 4.74 Å². The van der Waals surface area contributed by atoms with Crippen molar-refractivity contribution in [3.05, 3.63) is 65.2 Å². The molecule has 0 saturated heterocycles. The van der Waals surface area contributed by atoms with Gasteiger partial charge in [-0.05, 0) is 41.8 Å². The van der Waals surface area contributed by atoms with Gasteiger partial charge in [-0.25, -0.2) is 0 Å². The largest absolute Gasteiger partial charge is 0.493 e. The van der Waals surface area contributed by atoms with E-state index < -0.39 is 0 Å². The highest BCUT2D eigenvalue weighted by molar-refractivity contribution is 5.29. The first-order valence-corrected chi connectivity index (χ1v) is 8.06. The Hall–Kier alpha value is -1.80. The van der Waals surface area contributed by atoms with Crippen LogP contribution in [0.5, 0.6) is 5.75 Å². The number of rotatable bonds is 7. The first kappa shape index (κ1) is 16.6. The molecule has 0 radical (unpaired) electrons. The molecule has 118 valence electrons. The highest BCUT2D eigenvalue weighted by Gasteiger charge is 2.07. The van der Waals surface area contributed by atoms with Crippen LogP contribution in [0.4, 0.5) is 0 Å². The van der Waals surface area contributed by atoms with E-state index in [0.717, 1.165) is 12.3 Å². The molecule has 2 aromatic rings. The molecule has 1 N–H and O–H groups in total. The van der Waals surface area contributed by atoms with Crippen molar-refractivity contribution in [3.8, 4) is 5.75 Å². The zero-order valence-corrected chi connectivity index (χ0v) is 14.1. The van der Waals surface area contributed by atoms with Crippen LogP contribution in [0.15, 0.2) is 48.5 Å². The maximum Gasteiger partial charge on any atom is 0.119 e. The van der Waals surface area contributed by atoms with Crippen molar-refractivity contribution in [2.24, 2.45) is 0 Å². The summed E-state index contributed by atoms with van der Waals surface area (Å²) >= 11 is 0. The van der Waals surface area contributed by atoms with E-state index in [1.165, 1.54) is 16.7 Å². The summed E-state index contributed by atoms with van der Waals surface area (Å²) in [5, 5.41) is 3.17. The number of hydrogen-bond donors (Lipinski definition) is 1. The molecule has 2 nitrogen and oxygen atoms in total. The van der Waals surface area contributed by atoms with Gasteiger partial charge in [-0.1, -0.05) is 57.2 Å². The van der Waals surface area contributed by atoms with E-state index in [4.69, 9.17) is 4.74 Å². The van der Waals surface area contributed by atoms with Gasteiger partial charge in [0.25, 0.3) is 0 Å². The zero-order valence-electron chi connectivity index (χ0n) is 14.1. The molecule has 2 heteroatoms. The smallest absolute Gasteiger partial charge is 0.119 e. The lowest BCUT2D eigenvalue weighted by Crippen LogP contribution is -2.08. The van der Waals surface area contributed by atoms with Crippen LogP contribution in [0.1, 0.15) is 49.3 Å². The van der Waals surface area contributed by atoms with Crippen LogP contribution in [0.2, 0.25) is 0 Å². The van der Waals surface area contributed by atoms with E-state index in [9.17, 15) is 0 Å². The van der Waals surface area contributed by atoms with E-state index in [1.54, 1.807) is 0 Å². The summed E-state index contributed by atoms with van der Waals surface area (Å²) in [6, 6.07) is 17.2. The molecule has 0 aliphatic carbocycles. The van der Waals surface area contributed by atoms with Crippen LogP contribution >= 0.6 is 0 Å². The molecule has 2 rings (SSSR count). The third-order valence-electron chi connectivity index (χ3n) is 3.98. The molecule has 0 fully saturated rings. The Kier molecular flexibility index (Phi) is 6.02. The minimum atomic E-state index is 0.383. The van der Waals surface area contributed by atoms with Crippen molar-refractivity contribution in [2.75, 3.05) is 13.7 Å². The van der Waals surface area contributed by atoms with E-state index >= 15 is 0 Å². The monoisotopic (exact) mass is 297 g/mol. The topological polar surface area (TPSA) is 21.3 Å². The molecule has 1 unspecified atom stereocenters. The lowest BCUT2D eigenvalue weighted by Gasteiger charge is -2.15. The Labute approximate surface area is 134 Å². The maximum absolute atomic E-state index is 5.92. The van der Waals surface area contributed by atoms with Crippen LogP contribution in [0, 0.1) is 0 Å². The van der Waals surface area contributed by atoms with Crippen LogP contribution in [-0.4, -0.2) is 13.7 Å². The lowest BCUT2D eigenvalue weighted by molar-refractivity contribution is 0.295. The van der Waals surface area contributed by atoms with Crippen molar-refractivity contribution in [1.29, 1.82) is 0 Å². The third kappa shape index (κ3) is 4.60. The quantitative estimate of drug-likeness (QED) is 0.799. The van der Waals surface area contributed by atoms with Gasteiger partial charge in [0.1, 0.15) is 5.75 Å². The second-order valence-electron chi connectivity index (χ2n) is 6.21. The average Bonchev–Trinajstić information content (AvgIpc) is 2.54. The molecule has 2 aromatic carbocycles. The first-order chi connectivity index (χ1) is 10.6. The molecule has 0 aliphatic heterocycles. The fourth-order valence-corrected chi connectivity index (χ4v) is 2.43. The number of hydrogen-bond acceptors (Lipinski definition) is 2.